The Morgan fingerprint density at radius 1 is 1.52 bits per heavy atom. The second-order valence-electron chi connectivity index (χ2n) is 6.03. The minimum Gasteiger partial charge on any atom is -0.444 e. The molecule has 0 spiro atoms. The first-order chi connectivity index (χ1) is 9.69. The van der Waals surface area contributed by atoms with Crippen molar-refractivity contribution in [1.82, 2.24) is 14.9 Å². The number of carbonyl (C=O) groups excluding carboxylic acids is 1. The van der Waals surface area contributed by atoms with Gasteiger partial charge in [-0.25, -0.2) is 9.78 Å². The maximum absolute atomic E-state index is 11.5. The molecule has 0 saturated heterocycles. The third-order valence-electron chi connectivity index (χ3n) is 2.87. The number of ether oxygens (including phenoxy) is 1. The van der Waals surface area contributed by atoms with Crippen LogP contribution >= 0.6 is 0 Å². The maximum atomic E-state index is 11.5. The number of carbonyl (C=O) groups is 1. The molecule has 1 amide bonds. The van der Waals surface area contributed by atoms with Gasteiger partial charge in [0, 0.05) is 53.7 Å². The molecule has 120 valence electrons. The summed E-state index contributed by atoms with van der Waals surface area (Å²) in [5.41, 5.74) is 0.510. The predicted molar refractivity (Wildman–Crippen MR) is 83.7 cm³/mol. The molecule has 2 atom stereocenters. The van der Waals surface area contributed by atoms with Gasteiger partial charge < -0.3 is 14.6 Å². The summed E-state index contributed by atoms with van der Waals surface area (Å²) in [5.74, 6) is 0. The summed E-state index contributed by atoms with van der Waals surface area (Å²) in [4.78, 5) is 15.7. The second-order valence-corrected chi connectivity index (χ2v) is 7.83. The van der Waals surface area contributed by atoms with Crippen molar-refractivity contribution in [2.75, 3.05) is 12.8 Å². The van der Waals surface area contributed by atoms with Gasteiger partial charge in [-0.1, -0.05) is 0 Å². The number of amides is 1. The molecule has 2 unspecified atom stereocenters. The largest absolute Gasteiger partial charge is 0.444 e. The fourth-order valence-electron chi connectivity index (χ4n) is 1.71. The Bertz CT molecular complexity index is 494. The van der Waals surface area contributed by atoms with Crippen LogP contribution in [-0.4, -0.2) is 43.5 Å². The van der Waals surface area contributed by atoms with Crippen molar-refractivity contribution in [3.05, 3.63) is 18.2 Å². The van der Waals surface area contributed by atoms with Gasteiger partial charge in [-0.15, -0.1) is 0 Å². The Balaban J connectivity index is 2.45. The number of aromatic nitrogens is 2. The highest BCUT2D eigenvalue weighted by atomic mass is 32.2. The van der Waals surface area contributed by atoms with Crippen LogP contribution in [0, 0.1) is 0 Å². The normalized spacial score (nSPS) is 14.5. The molecular weight excluding hydrogens is 290 g/mol. The molecule has 1 aromatic heterocycles. The van der Waals surface area contributed by atoms with E-state index in [4.69, 9.17) is 4.74 Å². The molecule has 1 aromatic rings. The van der Waals surface area contributed by atoms with E-state index in [0.29, 0.717) is 19.5 Å². The molecule has 1 N–H and O–H groups in total. The van der Waals surface area contributed by atoms with Crippen LogP contribution in [0.4, 0.5) is 4.79 Å². The van der Waals surface area contributed by atoms with Crippen LogP contribution in [0.1, 0.15) is 33.4 Å². The topological polar surface area (TPSA) is 73.2 Å². The van der Waals surface area contributed by atoms with Gasteiger partial charge in [0.1, 0.15) is 5.60 Å². The van der Waals surface area contributed by atoms with Gasteiger partial charge >= 0.3 is 6.09 Å². The summed E-state index contributed by atoms with van der Waals surface area (Å²) in [6.07, 6.45) is 5.43. The summed E-state index contributed by atoms with van der Waals surface area (Å²) in [5, 5.41) is 2.78. The van der Waals surface area contributed by atoms with Crippen molar-refractivity contribution in [2.45, 2.75) is 51.5 Å². The fourth-order valence-corrected chi connectivity index (χ4v) is 2.08. The van der Waals surface area contributed by atoms with Gasteiger partial charge in [-0.2, -0.15) is 0 Å². The van der Waals surface area contributed by atoms with E-state index in [0.717, 1.165) is 5.69 Å². The minimum absolute atomic E-state index is 0.0664. The van der Waals surface area contributed by atoms with Gasteiger partial charge in [0.25, 0.3) is 0 Å². The molecule has 0 fully saturated rings. The molecule has 1 heterocycles. The molecule has 7 heteroatoms. The van der Waals surface area contributed by atoms with E-state index in [-0.39, 0.29) is 5.25 Å². The zero-order valence-corrected chi connectivity index (χ0v) is 14.2. The average Bonchev–Trinajstić information content (AvgIpc) is 2.74. The van der Waals surface area contributed by atoms with E-state index in [9.17, 15) is 9.00 Å². The highest BCUT2D eigenvalue weighted by Gasteiger charge is 2.16. The Morgan fingerprint density at radius 3 is 2.76 bits per heavy atom. The predicted octanol–water partition coefficient (Wildman–Crippen LogP) is 1.72. The fraction of sp³-hybridized carbons (Fsp3) is 0.714. The monoisotopic (exact) mass is 315 g/mol. The van der Waals surface area contributed by atoms with E-state index in [1.165, 1.54) is 0 Å². The van der Waals surface area contributed by atoms with Gasteiger partial charge in [-0.3, -0.25) is 4.21 Å². The first-order valence-electron chi connectivity index (χ1n) is 6.97. The molecule has 0 saturated carbocycles. The number of hydrogen-bond acceptors (Lipinski definition) is 4. The molecule has 0 radical (unpaired) electrons. The molecule has 1 rings (SSSR count). The van der Waals surface area contributed by atoms with E-state index in [1.54, 1.807) is 18.8 Å². The smallest absolute Gasteiger partial charge is 0.407 e. The summed E-state index contributed by atoms with van der Waals surface area (Å²) in [6, 6.07) is 0. The van der Waals surface area contributed by atoms with Crippen molar-refractivity contribution in [1.29, 1.82) is 0 Å². The highest BCUT2D eigenvalue weighted by molar-refractivity contribution is 7.84. The molecule has 0 aliphatic heterocycles. The summed E-state index contributed by atoms with van der Waals surface area (Å²) >= 11 is 0. The van der Waals surface area contributed by atoms with Crippen LogP contribution in [0.15, 0.2) is 12.5 Å². The summed E-state index contributed by atoms with van der Waals surface area (Å²) in [7, 11) is -0.866. The van der Waals surface area contributed by atoms with Crippen LogP contribution in [0.25, 0.3) is 0 Å². The van der Waals surface area contributed by atoms with Crippen LogP contribution < -0.4 is 5.32 Å². The molecule has 0 aromatic carbocycles. The lowest BCUT2D eigenvalue weighted by atomic mass is 10.2. The van der Waals surface area contributed by atoms with Gasteiger partial charge in [0.15, 0.2) is 0 Å². The first kappa shape index (κ1) is 17.7. The molecule has 6 nitrogen and oxygen atoms in total. The van der Waals surface area contributed by atoms with Gasteiger partial charge in [-0.05, 0) is 27.7 Å². The molecule has 0 bridgehead atoms. The van der Waals surface area contributed by atoms with Crippen LogP contribution in [-0.2, 0) is 28.5 Å². The van der Waals surface area contributed by atoms with E-state index < -0.39 is 22.5 Å². The van der Waals surface area contributed by atoms with Crippen molar-refractivity contribution in [2.24, 2.45) is 0 Å². The van der Waals surface area contributed by atoms with Gasteiger partial charge in [0.05, 0.1) is 6.33 Å². The average molecular weight is 315 g/mol. The van der Waals surface area contributed by atoms with E-state index in [1.807, 2.05) is 32.3 Å². The number of rotatable bonds is 6. The van der Waals surface area contributed by atoms with Crippen molar-refractivity contribution >= 4 is 16.9 Å². The first-order valence-corrected chi connectivity index (χ1v) is 8.59. The lowest BCUT2D eigenvalue weighted by Crippen LogP contribution is -2.33. The molecule has 0 aliphatic carbocycles. The standard InChI is InChI=1S/C14H25N3O3S/c1-11(21(5)19)9-17-10-15-8-12(17)6-7-16-13(18)20-14(2,3)4/h8,10-11H,6-7,9H2,1-5H3,(H,16,18). The lowest BCUT2D eigenvalue weighted by Gasteiger charge is -2.19. The number of alkyl carbamates (subject to hydrolysis) is 1. The summed E-state index contributed by atoms with van der Waals surface area (Å²) < 4.78 is 18.6. The molecule has 21 heavy (non-hydrogen) atoms. The van der Waals surface area contributed by atoms with Crippen molar-refractivity contribution in [3.63, 3.8) is 0 Å². The SMILES string of the molecule is CC(Cn1cncc1CCNC(=O)OC(C)(C)C)S(C)=O. The Hall–Kier alpha value is -1.37. The van der Waals surface area contributed by atoms with E-state index >= 15 is 0 Å². The van der Waals surface area contributed by atoms with Crippen LogP contribution in [0.3, 0.4) is 0 Å². The van der Waals surface area contributed by atoms with Crippen molar-refractivity contribution < 1.29 is 13.7 Å². The number of nitrogens with one attached hydrogen (secondary N) is 1. The molecule has 0 aliphatic rings. The lowest BCUT2D eigenvalue weighted by molar-refractivity contribution is 0.0528. The number of hydrogen-bond donors (Lipinski definition) is 1. The second kappa shape index (κ2) is 7.59. The summed E-state index contributed by atoms with van der Waals surface area (Å²) in [6.45, 7) is 8.56. The number of nitrogens with zero attached hydrogens (tertiary/aromatic N) is 2. The Morgan fingerprint density at radius 2 is 2.19 bits per heavy atom. The third-order valence-corrected chi connectivity index (χ3v) is 4.15. The van der Waals surface area contributed by atoms with Crippen LogP contribution in [0.2, 0.25) is 0 Å². The van der Waals surface area contributed by atoms with Gasteiger partial charge in [0.2, 0.25) is 0 Å². The van der Waals surface area contributed by atoms with Crippen molar-refractivity contribution in [3.8, 4) is 0 Å². The maximum Gasteiger partial charge on any atom is 0.407 e. The zero-order valence-electron chi connectivity index (χ0n) is 13.4. The van der Waals surface area contributed by atoms with E-state index in [2.05, 4.69) is 10.3 Å². The quantitative estimate of drug-likeness (QED) is 0.867. The Kier molecular flexibility index (Phi) is 6.39. The Labute approximate surface area is 128 Å². The highest BCUT2D eigenvalue weighted by Crippen LogP contribution is 2.07. The number of imidazole rings is 1. The van der Waals surface area contributed by atoms with Crippen LogP contribution in [0.5, 0.6) is 0 Å². The molecular formula is C14H25N3O3S. The zero-order chi connectivity index (χ0) is 16.0. The minimum atomic E-state index is -0.866. The third kappa shape index (κ3) is 6.75.